The maximum absolute atomic E-state index is 13.4. The van der Waals surface area contributed by atoms with Gasteiger partial charge in [0.1, 0.15) is 22.9 Å². The quantitative estimate of drug-likeness (QED) is 0.200. The number of ether oxygens (including phenoxy) is 1. The van der Waals surface area contributed by atoms with Crippen molar-refractivity contribution in [3.63, 3.8) is 0 Å². The summed E-state index contributed by atoms with van der Waals surface area (Å²) in [5, 5.41) is 10.2. The van der Waals surface area contributed by atoms with E-state index in [4.69, 9.17) is 14.5 Å². The number of esters is 1. The molecule has 33 heavy (non-hydrogen) atoms. The smallest absolute Gasteiger partial charge is 0.373 e. The van der Waals surface area contributed by atoms with E-state index in [1.807, 2.05) is 0 Å². The summed E-state index contributed by atoms with van der Waals surface area (Å²) in [5.41, 5.74) is -0.702. The van der Waals surface area contributed by atoms with E-state index in [9.17, 15) is 19.5 Å². The van der Waals surface area contributed by atoms with Gasteiger partial charge in [-0.3, -0.25) is 14.5 Å². The van der Waals surface area contributed by atoms with Gasteiger partial charge in [-0.15, -0.1) is 0 Å². The summed E-state index contributed by atoms with van der Waals surface area (Å²) in [5.74, 6) is -4.11. The number of aromatic hydroxyl groups is 1. The summed E-state index contributed by atoms with van der Waals surface area (Å²) in [6.07, 6.45) is 0. The number of benzene rings is 2. The predicted molar refractivity (Wildman–Crippen MR) is 123 cm³/mol. The van der Waals surface area contributed by atoms with Gasteiger partial charge in [-0.2, -0.15) is 4.89 Å². The molecule has 2 aromatic carbocycles. The van der Waals surface area contributed by atoms with Crippen molar-refractivity contribution in [1.29, 1.82) is 0 Å². The monoisotopic (exact) mass is 456 g/mol. The topological polar surface area (TPSA) is 99.1 Å². The Labute approximate surface area is 194 Å². The van der Waals surface area contributed by atoms with Crippen LogP contribution in [-0.4, -0.2) is 34.0 Å². The fourth-order valence-corrected chi connectivity index (χ4v) is 3.11. The fraction of sp³-hybridized carbons (Fsp3) is 0.423. The summed E-state index contributed by atoms with van der Waals surface area (Å²) < 4.78 is 5.53. The number of para-hydroxylation sites is 1. The highest BCUT2D eigenvalue weighted by Crippen LogP contribution is 2.32. The number of hydrogen-bond donors (Lipinski definition) is 1. The maximum atomic E-state index is 13.4. The minimum Gasteiger partial charge on any atom is -0.507 e. The average molecular weight is 457 g/mol. The molecule has 7 heteroatoms. The highest BCUT2D eigenvalue weighted by molar-refractivity contribution is 6.10. The molecule has 0 saturated carbocycles. The first-order valence-corrected chi connectivity index (χ1v) is 10.7. The third-order valence-electron chi connectivity index (χ3n) is 4.63. The number of phenols is 1. The molecule has 2 aromatic rings. The molecule has 2 unspecified atom stereocenters. The molecule has 178 valence electrons. The molecule has 0 radical (unpaired) electrons. The van der Waals surface area contributed by atoms with Crippen LogP contribution in [0, 0.1) is 5.92 Å². The number of carbonyl (C=O) groups is 3. The number of carbonyl (C=O) groups excluding carboxylic acids is 3. The van der Waals surface area contributed by atoms with Crippen molar-refractivity contribution in [2.24, 2.45) is 5.92 Å². The molecule has 7 nitrogen and oxygen atoms in total. The average Bonchev–Trinajstić information content (AvgIpc) is 2.70. The van der Waals surface area contributed by atoms with Crippen molar-refractivity contribution >= 4 is 17.7 Å². The Morgan fingerprint density at radius 3 is 2.09 bits per heavy atom. The van der Waals surface area contributed by atoms with Gasteiger partial charge in [0.2, 0.25) is 0 Å². The Morgan fingerprint density at radius 2 is 1.52 bits per heavy atom. The van der Waals surface area contributed by atoms with E-state index in [0.29, 0.717) is 5.56 Å². The molecule has 0 aliphatic rings. The van der Waals surface area contributed by atoms with Crippen molar-refractivity contribution in [2.45, 2.75) is 65.6 Å². The van der Waals surface area contributed by atoms with Crippen molar-refractivity contribution in [2.75, 3.05) is 0 Å². The van der Waals surface area contributed by atoms with Crippen LogP contribution in [0.25, 0.3) is 0 Å². The molecule has 0 aliphatic carbocycles. The van der Waals surface area contributed by atoms with Crippen molar-refractivity contribution in [3.05, 3.63) is 65.2 Å². The van der Waals surface area contributed by atoms with Crippen LogP contribution in [0.1, 0.15) is 80.7 Å². The SMILES string of the molecule is CC(c1cccc(C(=O)OOC(C)(C)C)c1)C(C(=O)OC(C)(C)C)C(=O)c1ccccc1O. The predicted octanol–water partition coefficient (Wildman–Crippen LogP) is 5.22. The first kappa shape index (κ1) is 26.1. The molecule has 0 fully saturated rings. The lowest BCUT2D eigenvalue weighted by atomic mass is 9.81. The Morgan fingerprint density at radius 1 is 0.879 bits per heavy atom. The minimum atomic E-state index is -1.24. The molecular formula is C26H32O7. The van der Waals surface area contributed by atoms with Gasteiger partial charge in [-0.1, -0.05) is 31.2 Å². The fourth-order valence-electron chi connectivity index (χ4n) is 3.11. The normalized spacial score (nSPS) is 13.7. The van der Waals surface area contributed by atoms with Gasteiger partial charge in [-0.05, 0) is 71.4 Å². The number of Topliss-reactive ketones (excluding diaryl/α,β-unsaturated/α-hetero) is 1. The highest BCUT2D eigenvalue weighted by Gasteiger charge is 2.38. The zero-order chi connectivity index (χ0) is 25.0. The number of phenolic OH excluding ortho intramolecular Hbond substituents is 1. The molecule has 0 bridgehead atoms. The van der Waals surface area contributed by atoms with Crippen molar-refractivity contribution in [1.82, 2.24) is 0 Å². The van der Waals surface area contributed by atoms with Crippen LogP contribution >= 0.6 is 0 Å². The van der Waals surface area contributed by atoms with Crippen molar-refractivity contribution < 1.29 is 34.0 Å². The summed E-state index contributed by atoms with van der Waals surface area (Å²) in [7, 11) is 0. The number of ketones is 1. The molecule has 0 saturated heterocycles. The molecular weight excluding hydrogens is 424 g/mol. The van der Waals surface area contributed by atoms with E-state index in [2.05, 4.69) is 0 Å². The zero-order valence-corrected chi connectivity index (χ0v) is 20.2. The zero-order valence-electron chi connectivity index (χ0n) is 20.2. The van der Waals surface area contributed by atoms with Crippen LogP contribution < -0.4 is 0 Å². The second kappa shape index (κ2) is 10.2. The van der Waals surface area contributed by atoms with Gasteiger partial charge >= 0.3 is 11.9 Å². The standard InChI is InChI=1S/C26H32O7/c1-16(17-11-10-12-18(15-17)23(29)32-33-26(5,6)7)21(24(30)31-25(2,3)4)22(28)19-13-8-9-14-20(19)27/h8-16,21,27H,1-7H3. The minimum absolute atomic E-state index is 0.0225. The van der Waals surface area contributed by atoms with Gasteiger partial charge in [0.05, 0.1) is 11.1 Å². The lowest BCUT2D eigenvalue weighted by Gasteiger charge is -2.27. The van der Waals surface area contributed by atoms with E-state index < -0.39 is 40.8 Å². The molecule has 0 amide bonds. The molecule has 1 N–H and O–H groups in total. The largest absolute Gasteiger partial charge is 0.507 e. The van der Waals surface area contributed by atoms with Crippen LogP contribution in [0.5, 0.6) is 5.75 Å². The Balaban J connectivity index is 2.41. The van der Waals surface area contributed by atoms with Gasteiger partial charge in [-0.25, -0.2) is 4.79 Å². The van der Waals surface area contributed by atoms with Crippen LogP contribution in [-0.2, 0) is 19.3 Å². The number of hydrogen-bond acceptors (Lipinski definition) is 7. The van der Waals surface area contributed by atoms with Crippen LogP contribution in [0.4, 0.5) is 0 Å². The second-order valence-electron chi connectivity index (χ2n) is 9.87. The molecule has 2 rings (SSSR count). The maximum Gasteiger partial charge on any atom is 0.373 e. The number of rotatable bonds is 7. The van der Waals surface area contributed by atoms with Crippen LogP contribution in [0.15, 0.2) is 48.5 Å². The van der Waals surface area contributed by atoms with E-state index >= 15 is 0 Å². The summed E-state index contributed by atoms with van der Waals surface area (Å²) >= 11 is 0. The first-order chi connectivity index (χ1) is 15.2. The Hall–Kier alpha value is -3.19. The molecule has 0 spiro atoms. The lowest BCUT2D eigenvalue weighted by molar-refractivity contribution is -0.301. The molecule has 0 aliphatic heterocycles. The molecule has 0 aromatic heterocycles. The summed E-state index contributed by atoms with van der Waals surface area (Å²) in [4.78, 5) is 48.9. The Kier molecular flexibility index (Phi) is 8.03. The second-order valence-corrected chi connectivity index (χ2v) is 9.87. The lowest BCUT2D eigenvalue weighted by Crippen LogP contribution is -2.36. The van der Waals surface area contributed by atoms with Crippen LogP contribution in [0.3, 0.4) is 0 Å². The van der Waals surface area contributed by atoms with Gasteiger partial charge in [0.25, 0.3) is 0 Å². The van der Waals surface area contributed by atoms with E-state index in [1.165, 1.54) is 12.1 Å². The first-order valence-electron chi connectivity index (χ1n) is 10.7. The molecule has 2 atom stereocenters. The Bertz CT molecular complexity index is 1010. The van der Waals surface area contributed by atoms with E-state index in [1.54, 1.807) is 84.9 Å². The van der Waals surface area contributed by atoms with Crippen molar-refractivity contribution in [3.8, 4) is 5.75 Å². The van der Waals surface area contributed by atoms with E-state index in [0.717, 1.165) is 0 Å². The van der Waals surface area contributed by atoms with Crippen LogP contribution in [0.2, 0.25) is 0 Å². The molecule has 0 heterocycles. The van der Waals surface area contributed by atoms with Gasteiger partial charge in [0, 0.05) is 5.92 Å². The summed E-state index contributed by atoms with van der Waals surface area (Å²) in [6, 6.07) is 12.5. The van der Waals surface area contributed by atoms with Gasteiger partial charge in [0.15, 0.2) is 5.78 Å². The third-order valence-corrected chi connectivity index (χ3v) is 4.63. The summed E-state index contributed by atoms with van der Waals surface area (Å²) in [6.45, 7) is 12.1. The van der Waals surface area contributed by atoms with E-state index in [-0.39, 0.29) is 16.9 Å². The third kappa shape index (κ3) is 7.43. The van der Waals surface area contributed by atoms with Gasteiger partial charge < -0.3 is 9.84 Å². The highest BCUT2D eigenvalue weighted by atomic mass is 17.2.